The summed E-state index contributed by atoms with van der Waals surface area (Å²) in [5, 5.41) is 10.1. The van der Waals surface area contributed by atoms with Crippen molar-refractivity contribution < 1.29 is 9.84 Å². The van der Waals surface area contributed by atoms with Gasteiger partial charge in [0.05, 0.1) is 0 Å². The molecule has 1 unspecified atom stereocenters. The SMILES string of the molecule is CCCN(CCOc1cc(C)ccc1C)C1CCc2c(O)cccc2C1. The number of aryl methyl sites for hydroxylation is 2. The van der Waals surface area contributed by atoms with Crippen LogP contribution in [0, 0.1) is 13.8 Å². The summed E-state index contributed by atoms with van der Waals surface area (Å²) in [6, 6.07) is 12.8. The molecular formula is C23H31NO2. The van der Waals surface area contributed by atoms with Gasteiger partial charge in [-0.2, -0.15) is 0 Å². The van der Waals surface area contributed by atoms with E-state index in [9.17, 15) is 5.11 Å². The van der Waals surface area contributed by atoms with Gasteiger partial charge in [-0.3, -0.25) is 4.90 Å². The Morgan fingerprint density at radius 3 is 2.81 bits per heavy atom. The number of phenolic OH excluding ortho intramolecular Hbond substituents is 1. The number of fused-ring (bicyclic) bond motifs is 1. The molecule has 3 rings (SSSR count). The third-order valence-electron chi connectivity index (χ3n) is 5.44. The van der Waals surface area contributed by atoms with Crippen molar-refractivity contribution in [2.45, 2.75) is 52.5 Å². The van der Waals surface area contributed by atoms with Gasteiger partial charge in [0.25, 0.3) is 0 Å². The molecule has 140 valence electrons. The first-order chi connectivity index (χ1) is 12.6. The van der Waals surface area contributed by atoms with Crippen molar-refractivity contribution in [3.05, 3.63) is 58.7 Å². The highest BCUT2D eigenvalue weighted by Gasteiger charge is 2.25. The average Bonchev–Trinajstić information content (AvgIpc) is 2.64. The molecule has 3 heteroatoms. The molecule has 1 N–H and O–H groups in total. The fourth-order valence-electron chi connectivity index (χ4n) is 3.98. The van der Waals surface area contributed by atoms with Crippen LogP contribution in [-0.2, 0) is 12.8 Å². The quantitative estimate of drug-likeness (QED) is 0.786. The second-order valence-electron chi connectivity index (χ2n) is 7.46. The van der Waals surface area contributed by atoms with Crippen molar-refractivity contribution >= 4 is 0 Å². The second-order valence-corrected chi connectivity index (χ2v) is 7.46. The number of ether oxygens (including phenoxy) is 1. The Morgan fingerprint density at radius 1 is 1.15 bits per heavy atom. The maximum absolute atomic E-state index is 10.1. The number of phenols is 1. The third kappa shape index (κ3) is 4.39. The second kappa shape index (κ2) is 8.59. The molecule has 2 aromatic carbocycles. The Bertz CT molecular complexity index is 741. The highest BCUT2D eigenvalue weighted by molar-refractivity contribution is 5.41. The zero-order chi connectivity index (χ0) is 18.5. The molecule has 0 heterocycles. The lowest BCUT2D eigenvalue weighted by atomic mass is 9.87. The highest BCUT2D eigenvalue weighted by Crippen LogP contribution is 2.30. The monoisotopic (exact) mass is 353 g/mol. The number of benzene rings is 2. The number of aromatic hydroxyl groups is 1. The van der Waals surface area contributed by atoms with E-state index in [-0.39, 0.29) is 0 Å². The van der Waals surface area contributed by atoms with Crippen molar-refractivity contribution in [2.24, 2.45) is 0 Å². The van der Waals surface area contributed by atoms with Gasteiger partial charge in [-0.25, -0.2) is 0 Å². The summed E-state index contributed by atoms with van der Waals surface area (Å²) < 4.78 is 6.09. The van der Waals surface area contributed by atoms with Gasteiger partial charge < -0.3 is 9.84 Å². The number of nitrogens with zero attached hydrogens (tertiary/aromatic N) is 1. The summed E-state index contributed by atoms with van der Waals surface area (Å²) in [5.74, 6) is 1.46. The molecule has 0 amide bonds. The molecular weight excluding hydrogens is 322 g/mol. The van der Waals surface area contributed by atoms with Crippen LogP contribution in [0.1, 0.15) is 42.0 Å². The molecule has 0 radical (unpaired) electrons. The molecule has 26 heavy (non-hydrogen) atoms. The Kier molecular flexibility index (Phi) is 6.20. The van der Waals surface area contributed by atoms with Crippen LogP contribution in [0.25, 0.3) is 0 Å². The summed E-state index contributed by atoms with van der Waals surface area (Å²) in [6.45, 7) is 9.19. The zero-order valence-corrected chi connectivity index (χ0v) is 16.3. The minimum Gasteiger partial charge on any atom is -0.508 e. The van der Waals surface area contributed by atoms with E-state index in [1.807, 2.05) is 6.07 Å². The summed E-state index contributed by atoms with van der Waals surface area (Å²) in [7, 11) is 0. The highest BCUT2D eigenvalue weighted by atomic mass is 16.5. The minimum absolute atomic E-state index is 0.459. The average molecular weight is 354 g/mol. The van der Waals surface area contributed by atoms with Crippen molar-refractivity contribution in [2.75, 3.05) is 19.7 Å². The molecule has 1 atom stereocenters. The Hall–Kier alpha value is -2.00. The fraction of sp³-hybridized carbons (Fsp3) is 0.478. The molecule has 2 aromatic rings. The first-order valence-corrected chi connectivity index (χ1v) is 9.82. The van der Waals surface area contributed by atoms with Gasteiger partial charge in [-0.15, -0.1) is 0 Å². The van der Waals surface area contributed by atoms with Gasteiger partial charge in [0.1, 0.15) is 18.1 Å². The topological polar surface area (TPSA) is 32.7 Å². The van der Waals surface area contributed by atoms with Crippen LogP contribution in [0.4, 0.5) is 0 Å². The van der Waals surface area contributed by atoms with Gasteiger partial charge in [-0.05, 0) is 80.5 Å². The van der Waals surface area contributed by atoms with Crippen LogP contribution in [0.2, 0.25) is 0 Å². The van der Waals surface area contributed by atoms with E-state index in [4.69, 9.17) is 4.74 Å². The molecule has 0 saturated heterocycles. The number of rotatable bonds is 7. The smallest absolute Gasteiger partial charge is 0.122 e. The fourth-order valence-corrected chi connectivity index (χ4v) is 3.98. The first kappa shape index (κ1) is 18.8. The maximum atomic E-state index is 10.1. The summed E-state index contributed by atoms with van der Waals surface area (Å²) in [5.41, 5.74) is 4.88. The van der Waals surface area contributed by atoms with Crippen molar-refractivity contribution in [3.8, 4) is 11.5 Å². The van der Waals surface area contributed by atoms with Crippen molar-refractivity contribution in [1.82, 2.24) is 4.90 Å². The van der Waals surface area contributed by atoms with E-state index < -0.39 is 0 Å². The zero-order valence-electron chi connectivity index (χ0n) is 16.3. The van der Waals surface area contributed by atoms with Crippen LogP contribution in [0.15, 0.2) is 36.4 Å². The summed E-state index contributed by atoms with van der Waals surface area (Å²) in [4.78, 5) is 2.57. The molecule has 0 bridgehead atoms. The Morgan fingerprint density at radius 2 is 2.00 bits per heavy atom. The lowest BCUT2D eigenvalue weighted by Crippen LogP contribution is -2.42. The minimum atomic E-state index is 0.459. The van der Waals surface area contributed by atoms with E-state index in [0.717, 1.165) is 50.1 Å². The molecule has 1 aliphatic rings. The molecule has 0 spiro atoms. The lowest BCUT2D eigenvalue weighted by molar-refractivity contribution is 0.147. The predicted molar refractivity (Wildman–Crippen MR) is 107 cm³/mol. The Labute approximate surface area is 157 Å². The van der Waals surface area contributed by atoms with Gasteiger partial charge >= 0.3 is 0 Å². The molecule has 1 aliphatic carbocycles. The lowest BCUT2D eigenvalue weighted by Gasteiger charge is -2.35. The van der Waals surface area contributed by atoms with Crippen LogP contribution < -0.4 is 4.74 Å². The first-order valence-electron chi connectivity index (χ1n) is 9.82. The van der Waals surface area contributed by atoms with Crippen LogP contribution in [0.5, 0.6) is 11.5 Å². The third-order valence-corrected chi connectivity index (χ3v) is 5.44. The van der Waals surface area contributed by atoms with Crippen LogP contribution in [0.3, 0.4) is 0 Å². The van der Waals surface area contributed by atoms with Crippen molar-refractivity contribution in [1.29, 1.82) is 0 Å². The predicted octanol–water partition coefficient (Wildman–Crippen LogP) is 4.66. The summed E-state index contributed by atoms with van der Waals surface area (Å²) >= 11 is 0. The van der Waals surface area contributed by atoms with Crippen LogP contribution in [-0.4, -0.2) is 35.7 Å². The van der Waals surface area contributed by atoms with Gasteiger partial charge in [0.15, 0.2) is 0 Å². The molecule has 3 nitrogen and oxygen atoms in total. The molecule has 0 aliphatic heterocycles. The molecule has 0 aromatic heterocycles. The maximum Gasteiger partial charge on any atom is 0.122 e. The van der Waals surface area contributed by atoms with Gasteiger partial charge in [-0.1, -0.05) is 31.2 Å². The van der Waals surface area contributed by atoms with E-state index >= 15 is 0 Å². The Balaban J connectivity index is 1.61. The summed E-state index contributed by atoms with van der Waals surface area (Å²) in [6.07, 6.45) is 4.23. The number of hydrogen-bond acceptors (Lipinski definition) is 3. The standard InChI is InChI=1S/C23H31NO2/c1-4-12-24(13-14-26-23-15-17(2)8-9-18(23)3)20-10-11-21-19(16-20)6-5-7-22(21)25/h5-9,15,20,25H,4,10-14,16H2,1-3H3. The van der Waals surface area contributed by atoms with Crippen molar-refractivity contribution in [3.63, 3.8) is 0 Å². The van der Waals surface area contributed by atoms with E-state index in [1.165, 1.54) is 16.7 Å². The number of hydrogen-bond donors (Lipinski definition) is 1. The van der Waals surface area contributed by atoms with E-state index in [2.05, 4.69) is 49.9 Å². The largest absolute Gasteiger partial charge is 0.508 e. The van der Waals surface area contributed by atoms with E-state index in [1.54, 1.807) is 6.07 Å². The van der Waals surface area contributed by atoms with Crippen LogP contribution >= 0.6 is 0 Å². The van der Waals surface area contributed by atoms with Gasteiger partial charge in [0, 0.05) is 12.6 Å². The normalized spacial score (nSPS) is 16.5. The molecule has 0 saturated carbocycles. The van der Waals surface area contributed by atoms with Gasteiger partial charge in [0.2, 0.25) is 0 Å². The van der Waals surface area contributed by atoms with E-state index in [0.29, 0.717) is 18.4 Å². The molecule has 0 fully saturated rings.